The molecular formula is C25H28N8O4S. The maximum atomic E-state index is 13.1. The predicted octanol–water partition coefficient (Wildman–Crippen LogP) is 2.10. The average Bonchev–Trinajstić information content (AvgIpc) is 3.61. The van der Waals surface area contributed by atoms with Gasteiger partial charge in [-0.3, -0.25) is 4.79 Å². The number of aliphatic hydroxyl groups excluding tert-OH is 1. The zero-order valence-corrected chi connectivity index (χ0v) is 21.8. The van der Waals surface area contributed by atoms with Gasteiger partial charge in [-0.25, -0.2) is 13.4 Å². The average molecular weight is 537 g/mol. The maximum absolute atomic E-state index is 13.1. The lowest BCUT2D eigenvalue weighted by Crippen LogP contribution is -2.46. The van der Waals surface area contributed by atoms with Crippen LogP contribution in [0.2, 0.25) is 0 Å². The molecule has 2 aliphatic heterocycles. The number of carbonyl (C=O) groups excluding carboxylic acids is 1. The summed E-state index contributed by atoms with van der Waals surface area (Å²) in [5, 5.41) is 21.8. The van der Waals surface area contributed by atoms with Crippen molar-refractivity contribution in [2.75, 3.05) is 12.0 Å². The van der Waals surface area contributed by atoms with Crippen LogP contribution in [0.5, 0.6) is 0 Å². The van der Waals surface area contributed by atoms with Crippen molar-refractivity contribution >= 4 is 27.2 Å². The highest BCUT2D eigenvalue weighted by Gasteiger charge is 2.46. The summed E-state index contributed by atoms with van der Waals surface area (Å²) in [5.41, 5.74) is 9.64. The Morgan fingerprint density at radius 3 is 2.45 bits per heavy atom. The number of nitrogens with zero attached hydrogens (tertiary/aromatic N) is 6. The Kier molecular flexibility index (Phi) is 5.72. The number of hydrogen-bond donors (Lipinski definition) is 3. The van der Waals surface area contributed by atoms with Crippen LogP contribution in [0, 0.1) is 0 Å². The molecule has 0 radical (unpaired) electrons. The van der Waals surface area contributed by atoms with Gasteiger partial charge in [-0.1, -0.05) is 24.3 Å². The van der Waals surface area contributed by atoms with E-state index in [1.165, 1.54) is 10.8 Å². The molecule has 13 heteroatoms. The number of aromatic amines is 1. The lowest BCUT2D eigenvalue weighted by Gasteiger charge is -2.38. The predicted molar refractivity (Wildman–Crippen MR) is 138 cm³/mol. The Bertz CT molecular complexity index is 1620. The molecule has 1 aromatic carbocycles. The summed E-state index contributed by atoms with van der Waals surface area (Å²) >= 11 is 0. The van der Waals surface area contributed by atoms with Gasteiger partial charge >= 0.3 is 0 Å². The van der Waals surface area contributed by atoms with Crippen molar-refractivity contribution in [3.05, 3.63) is 53.9 Å². The van der Waals surface area contributed by atoms with Crippen LogP contribution in [0.3, 0.4) is 0 Å². The molecule has 38 heavy (non-hydrogen) atoms. The van der Waals surface area contributed by atoms with Crippen molar-refractivity contribution in [1.29, 1.82) is 0 Å². The van der Waals surface area contributed by atoms with Crippen LogP contribution in [0.25, 0.3) is 16.8 Å². The van der Waals surface area contributed by atoms with Crippen LogP contribution in [-0.2, 0) is 9.84 Å². The van der Waals surface area contributed by atoms with Crippen LogP contribution >= 0.6 is 0 Å². The molecular weight excluding hydrogens is 508 g/mol. The number of fused-ring (bicyclic) bond motifs is 3. The minimum Gasteiger partial charge on any atom is -0.389 e. The summed E-state index contributed by atoms with van der Waals surface area (Å²) in [7, 11) is -3.74. The van der Waals surface area contributed by atoms with Crippen molar-refractivity contribution in [2.45, 2.75) is 61.6 Å². The molecule has 6 rings (SSSR count). The zero-order valence-electron chi connectivity index (χ0n) is 20.9. The third kappa shape index (κ3) is 3.93. The van der Waals surface area contributed by atoms with Gasteiger partial charge in [-0.15, -0.1) is 10.2 Å². The summed E-state index contributed by atoms with van der Waals surface area (Å²) in [6, 6.07) is 7.26. The molecule has 4 aromatic rings. The van der Waals surface area contributed by atoms with Crippen molar-refractivity contribution in [1.82, 2.24) is 34.7 Å². The Labute approximate surface area is 218 Å². The highest BCUT2D eigenvalue weighted by Crippen LogP contribution is 2.45. The van der Waals surface area contributed by atoms with E-state index in [4.69, 9.17) is 10.7 Å². The van der Waals surface area contributed by atoms with E-state index in [-0.39, 0.29) is 40.4 Å². The Morgan fingerprint density at radius 2 is 1.87 bits per heavy atom. The number of nitrogen functional groups attached to an aromatic ring is 1. The summed E-state index contributed by atoms with van der Waals surface area (Å²) in [5.74, 6) is -0.180. The van der Waals surface area contributed by atoms with Gasteiger partial charge in [0.05, 0.1) is 18.0 Å². The number of nitrogens with one attached hydrogen (secondary N) is 1. The highest BCUT2D eigenvalue weighted by molar-refractivity contribution is 7.91. The Balaban J connectivity index is 1.43. The number of benzene rings is 1. The van der Waals surface area contributed by atoms with E-state index < -0.39 is 15.9 Å². The standard InChI is InChI=1S/C25H28N8O4S/c1-13(34)14-3-5-15(6-4-14)19-11-29-33-22(26)21(38(2,36)37)20(30-24(19)33)16-9-17-7-8-18(10-16)32(17)25(35)23-27-12-28-31-23/h3-6,11-13,16-18,34H,7-10,26H2,1-2H3,(H,27,28,31)/t13?,16-,17+,18-. The lowest BCUT2D eigenvalue weighted by atomic mass is 9.87. The largest absolute Gasteiger partial charge is 0.389 e. The fraction of sp³-hybridized carbons (Fsp3) is 0.400. The Morgan fingerprint density at radius 1 is 1.18 bits per heavy atom. The van der Waals surface area contributed by atoms with Crippen LogP contribution in [0.4, 0.5) is 5.82 Å². The van der Waals surface area contributed by atoms with Crippen LogP contribution in [0.15, 0.2) is 41.7 Å². The van der Waals surface area contributed by atoms with Gasteiger partial charge in [-0.2, -0.15) is 9.61 Å². The van der Waals surface area contributed by atoms with Gasteiger partial charge in [0.25, 0.3) is 5.91 Å². The minimum absolute atomic E-state index is 0.0106. The lowest BCUT2D eigenvalue weighted by molar-refractivity contribution is 0.0556. The first-order valence-corrected chi connectivity index (χ1v) is 14.4. The van der Waals surface area contributed by atoms with E-state index in [2.05, 4.69) is 20.3 Å². The molecule has 12 nitrogen and oxygen atoms in total. The number of anilines is 1. The number of nitrogens with two attached hydrogens (primary N) is 1. The molecule has 5 heterocycles. The fourth-order valence-electron chi connectivity index (χ4n) is 5.98. The molecule has 198 valence electrons. The summed E-state index contributed by atoms with van der Waals surface area (Å²) in [4.78, 5) is 22.6. The van der Waals surface area contributed by atoms with Crippen LogP contribution in [0.1, 0.15) is 66.5 Å². The minimum atomic E-state index is -3.74. The van der Waals surface area contributed by atoms with Gasteiger partial charge in [0.1, 0.15) is 17.0 Å². The first-order valence-electron chi connectivity index (χ1n) is 12.5. The quantitative estimate of drug-likeness (QED) is 0.345. The fourth-order valence-corrected chi connectivity index (χ4v) is 7.04. The van der Waals surface area contributed by atoms with Crippen molar-refractivity contribution in [3.63, 3.8) is 0 Å². The topological polar surface area (TPSA) is 172 Å². The van der Waals surface area contributed by atoms with E-state index >= 15 is 0 Å². The van der Waals surface area contributed by atoms with Crippen LogP contribution < -0.4 is 5.73 Å². The Hall–Kier alpha value is -3.84. The van der Waals surface area contributed by atoms with Crippen LogP contribution in [-0.4, -0.2) is 72.5 Å². The molecule has 2 saturated heterocycles. The number of amides is 1. The van der Waals surface area contributed by atoms with E-state index in [9.17, 15) is 18.3 Å². The molecule has 2 fully saturated rings. The molecule has 0 aliphatic carbocycles. The van der Waals surface area contributed by atoms with Gasteiger partial charge in [-0.05, 0) is 43.7 Å². The summed E-state index contributed by atoms with van der Waals surface area (Å²) in [6.07, 6.45) is 6.30. The third-order valence-corrected chi connectivity index (χ3v) is 8.87. The summed E-state index contributed by atoms with van der Waals surface area (Å²) in [6.45, 7) is 1.70. The SMILES string of the molecule is CC(O)c1ccc(-c2cnn3c(N)c(S(C)(=O)=O)c([C@H]4C[C@H]5CC[C@@H](C4)N5C(=O)c4nnc[nH]4)nc23)cc1. The smallest absolute Gasteiger partial charge is 0.292 e. The van der Waals surface area contributed by atoms with E-state index in [1.54, 1.807) is 13.1 Å². The van der Waals surface area contributed by atoms with Gasteiger partial charge in [0, 0.05) is 29.8 Å². The highest BCUT2D eigenvalue weighted by atomic mass is 32.2. The van der Waals surface area contributed by atoms with Crippen molar-refractivity contribution in [3.8, 4) is 11.1 Å². The molecule has 2 bridgehead atoms. The number of carbonyl (C=O) groups is 1. The molecule has 3 aromatic heterocycles. The van der Waals surface area contributed by atoms with Crippen molar-refractivity contribution in [2.24, 2.45) is 0 Å². The number of H-pyrrole nitrogens is 1. The molecule has 4 atom stereocenters. The van der Waals surface area contributed by atoms with Gasteiger partial charge in [0.15, 0.2) is 15.5 Å². The second-order valence-electron chi connectivity index (χ2n) is 10.2. The number of aromatic nitrogens is 6. The third-order valence-electron chi connectivity index (χ3n) is 7.71. The number of rotatable bonds is 5. The normalized spacial score (nSPS) is 22.2. The summed E-state index contributed by atoms with van der Waals surface area (Å²) < 4.78 is 27.3. The molecule has 1 unspecified atom stereocenters. The zero-order chi connectivity index (χ0) is 26.8. The van der Waals surface area contributed by atoms with Gasteiger partial charge < -0.3 is 20.7 Å². The van der Waals surface area contributed by atoms with Gasteiger partial charge in [0.2, 0.25) is 5.82 Å². The number of hydrogen-bond acceptors (Lipinski definition) is 9. The first-order chi connectivity index (χ1) is 18.1. The first kappa shape index (κ1) is 24.5. The molecule has 2 aliphatic rings. The molecule has 1 amide bonds. The van der Waals surface area contributed by atoms with E-state index in [0.717, 1.165) is 30.2 Å². The number of piperidine rings is 1. The number of aliphatic hydroxyl groups is 1. The number of sulfone groups is 1. The van der Waals surface area contributed by atoms with E-state index in [0.29, 0.717) is 29.7 Å². The maximum Gasteiger partial charge on any atom is 0.292 e. The molecule has 0 spiro atoms. The van der Waals surface area contributed by atoms with Crippen molar-refractivity contribution < 1.29 is 18.3 Å². The second-order valence-corrected chi connectivity index (χ2v) is 12.1. The molecule has 0 saturated carbocycles. The molecule has 4 N–H and O–H groups in total. The van der Waals surface area contributed by atoms with E-state index in [1.807, 2.05) is 29.2 Å². The second kappa shape index (κ2) is 8.88. The monoisotopic (exact) mass is 536 g/mol.